The molecular formula is C15H11N3O4. The first-order valence-corrected chi connectivity index (χ1v) is 6.67. The van der Waals surface area contributed by atoms with Gasteiger partial charge in [0.2, 0.25) is 6.79 Å². The Morgan fingerprint density at radius 3 is 2.91 bits per heavy atom. The van der Waals surface area contributed by atoms with E-state index in [1.165, 1.54) is 0 Å². The monoisotopic (exact) mass is 297 g/mol. The minimum Gasteiger partial charge on any atom is -0.454 e. The quantitative estimate of drug-likeness (QED) is 0.536. The van der Waals surface area contributed by atoms with Gasteiger partial charge in [-0.15, -0.1) is 0 Å². The molecule has 0 radical (unpaired) electrons. The van der Waals surface area contributed by atoms with Crippen molar-refractivity contribution in [2.24, 2.45) is 0 Å². The predicted molar refractivity (Wildman–Crippen MR) is 78.1 cm³/mol. The highest BCUT2D eigenvalue weighted by molar-refractivity contribution is 5.75. The molecule has 22 heavy (non-hydrogen) atoms. The Morgan fingerprint density at radius 1 is 1.27 bits per heavy atom. The zero-order valence-corrected chi connectivity index (χ0v) is 11.6. The summed E-state index contributed by atoms with van der Waals surface area (Å²) in [6.07, 6.45) is 1.77. The van der Waals surface area contributed by atoms with Crippen LogP contribution in [0.1, 0.15) is 5.56 Å². The van der Waals surface area contributed by atoms with Gasteiger partial charge in [0.25, 0.3) is 5.65 Å². The highest BCUT2D eigenvalue weighted by Gasteiger charge is 2.26. The van der Waals surface area contributed by atoms with Gasteiger partial charge in [0.05, 0.1) is 0 Å². The number of benzene rings is 1. The summed E-state index contributed by atoms with van der Waals surface area (Å²) in [6.45, 7) is 2.03. The van der Waals surface area contributed by atoms with Crippen LogP contribution in [0.2, 0.25) is 0 Å². The second-order valence-corrected chi connectivity index (χ2v) is 4.99. The van der Waals surface area contributed by atoms with E-state index in [0.29, 0.717) is 28.4 Å². The zero-order chi connectivity index (χ0) is 15.3. The number of rotatable bonds is 2. The molecule has 4 rings (SSSR count). The molecule has 7 heteroatoms. The molecule has 110 valence electrons. The first-order chi connectivity index (χ1) is 10.6. The van der Waals surface area contributed by atoms with Gasteiger partial charge in [-0.3, -0.25) is 4.40 Å². The van der Waals surface area contributed by atoms with E-state index in [2.05, 4.69) is 4.98 Å². The largest absolute Gasteiger partial charge is 0.454 e. The van der Waals surface area contributed by atoms with E-state index in [1.807, 2.05) is 19.1 Å². The van der Waals surface area contributed by atoms with Crippen LogP contribution >= 0.6 is 0 Å². The van der Waals surface area contributed by atoms with Crippen LogP contribution in [0, 0.1) is 17.0 Å². The van der Waals surface area contributed by atoms with E-state index in [9.17, 15) is 10.1 Å². The molecule has 0 aliphatic carbocycles. The molecule has 0 bridgehead atoms. The van der Waals surface area contributed by atoms with Gasteiger partial charge >= 0.3 is 5.82 Å². The SMILES string of the molecule is Cc1cccn2c(-c3ccc4c(c3)OCO4)c([N+](=O)[O-])nc12. The Morgan fingerprint density at radius 2 is 2.09 bits per heavy atom. The van der Waals surface area contributed by atoms with Crippen molar-refractivity contribution in [3.05, 3.63) is 52.2 Å². The fourth-order valence-electron chi connectivity index (χ4n) is 2.63. The Labute approximate surface area is 124 Å². The topological polar surface area (TPSA) is 78.9 Å². The van der Waals surface area contributed by atoms with Crippen molar-refractivity contribution in [1.82, 2.24) is 9.38 Å². The lowest BCUT2D eigenvalue weighted by Crippen LogP contribution is -1.94. The van der Waals surface area contributed by atoms with Gasteiger partial charge < -0.3 is 19.6 Å². The zero-order valence-electron chi connectivity index (χ0n) is 11.6. The van der Waals surface area contributed by atoms with E-state index in [-0.39, 0.29) is 12.6 Å². The Balaban J connectivity index is 2.03. The average molecular weight is 297 g/mol. The van der Waals surface area contributed by atoms with Crippen LogP contribution in [-0.4, -0.2) is 21.1 Å². The number of hydrogen-bond donors (Lipinski definition) is 0. The average Bonchev–Trinajstić information content (AvgIpc) is 3.11. The Kier molecular flexibility index (Phi) is 2.56. The molecule has 0 atom stereocenters. The van der Waals surface area contributed by atoms with Crippen molar-refractivity contribution in [2.45, 2.75) is 6.92 Å². The molecule has 1 aromatic carbocycles. The standard InChI is InChI=1S/C15H11N3O4/c1-9-3-2-6-17-13(15(18(19)20)16-14(9)17)10-4-5-11-12(7-10)22-8-21-11/h2-7H,8H2,1H3. The maximum absolute atomic E-state index is 11.4. The second-order valence-electron chi connectivity index (χ2n) is 4.99. The summed E-state index contributed by atoms with van der Waals surface area (Å²) < 4.78 is 12.4. The van der Waals surface area contributed by atoms with Crippen molar-refractivity contribution >= 4 is 11.5 Å². The number of imidazole rings is 1. The van der Waals surface area contributed by atoms with Crippen LogP contribution in [0.15, 0.2) is 36.5 Å². The van der Waals surface area contributed by atoms with Crippen LogP contribution in [0.25, 0.3) is 16.9 Å². The van der Waals surface area contributed by atoms with Crippen molar-refractivity contribution < 1.29 is 14.4 Å². The molecule has 0 N–H and O–H groups in total. The lowest BCUT2D eigenvalue weighted by Gasteiger charge is -2.03. The fraction of sp³-hybridized carbons (Fsp3) is 0.133. The highest BCUT2D eigenvalue weighted by atomic mass is 16.7. The van der Waals surface area contributed by atoms with Gasteiger partial charge in [0.15, 0.2) is 17.2 Å². The first-order valence-electron chi connectivity index (χ1n) is 6.67. The third kappa shape index (κ3) is 1.72. The molecule has 0 fully saturated rings. The van der Waals surface area contributed by atoms with Crippen LogP contribution in [-0.2, 0) is 0 Å². The minimum atomic E-state index is -0.466. The molecule has 1 aliphatic heterocycles. The molecular weight excluding hydrogens is 286 g/mol. The van der Waals surface area contributed by atoms with E-state index >= 15 is 0 Å². The third-order valence-corrected chi connectivity index (χ3v) is 3.65. The number of nitro groups is 1. The molecule has 0 unspecified atom stereocenters. The molecule has 0 amide bonds. The number of aryl methyl sites for hydroxylation is 1. The number of fused-ring (bicyclic) bond motifs is 2. The molecule has 7 nitrogen and oxygen atoms in total. The number of aromatic nitrogens is 2. The predicted octanol–water partition coefficient (Wildman–Crippen LogP) is 2.95. The summed E-state index contributed by atoms with van der Waals surface area (Å²) in [5.41, 5.74) is 2.54. The Hall–Kier alpha value is -3.09. The molecule has 3 heterocycles. The summed E-state index contributed by atoms with van der Waals surface area (Å²) in [6, 6.07) is 8.96. The first kappa shape index (κ1) is 12.6. The molecule has 0 spiro atoms. The Bertz CT molecular complexity index is 917. The van der Waals surface area contributed by atoms with Gasteiger partial charge in [0.1, 0.15) is 0 Å². The maximum atomic E-state index is 11.4. The summed E-state index contributed by atoms with van der Waals surface area (Å²) >= 11 is 0. The summed E-state index contributed by atoms with van der Waals surface area (Å²) in [5, 5.41) is 11.4. The molecule has 0 saturated carbocycles. The minimum absolute atomic E-state index is 0.160. The van der Waals surface area contributed by atoms with Crippen LogP contribution in [0.3, 0.4) is 0 Å². The van der Waals surface area contributed by atoms with Gasteiger partial charge in [-0.05, 0) is 41.1 Å². The van der Waals surface area contributed by atoms with Gasteiger partial charge in [-0.1, -0.05) is 6.07 Å². The van der Waals surface area contributed by atoms with E-state index in [4.69, 9.17) is 9.47 Å². The molecule has 0 saturated heterocycles. The van der Waals surface area contributed by atoms with E-state index in [1.54, 1.807) is 28.8 Å². The van der Waals surface area contributed by atoms with E-state index < -0.39 is 4.92 Å². The summed E-state index contributed by atoms with van der Waals surface area (Å²) in [7, 11) is 0. The fourth-order valence-corrected chi connectivity index (χ4v) is 2.63. The number of pyridine rings is 1. The van der Waals surface area contributed by atoms with Crippen molar-refractivity contribution in [3.63, 3.8) is 0 Å². The second kappa shape index (κ2) is 4.45. The van der Waals surface area contributed by atoms with Crippen molar-refractivity contribution in [3.8, 4) is 22.8 Å². The molecule has 3 aromatic rings. The summed E-state index contributed by atoms with van der Waals surface area (Å²) in [5.74, 6) is 1.04. The van der Waals surface area contributed by atoms with Gasteiger partial charge in [0, 0.05) is 17.3 Å². The molecule has 2 aromatic heterocycles. The number of ether oxygens (including phenoxy) is 2. The molecule has 1 aliphatic rings. The van der Waals surface area contributed by atoms with Gasteiger partial charge in [-0.25, -0.2) is 0 Å². The lowest BCUT2D eigenvalue weighted by molar-refractivity contribution is -0.388. The number of nitrogens with zero attached hydrogens (tertiary/aromatic N) is 3. The highest BCUT2D eigenvalue weighted by Crippen LogP contribution is 2.39. The smallest absolute Gasteiger partial charge is 0.390 e. The van der Waals surface area contributed by atoms with Gasteiger partial charge in [-0.2, -0.15) is 0 Å². The van der Waals surface area contributed by atoms with E-state index in [0.717, 1.165) is 5.56 Å². The van der Waals surface area contributed by atoms with Crippen molar-refractivity contribution in [2.75, 3.05) is 6.79 Å². The normalized spacial score (nSPS) is 12.8. The number of hydrogen-bond acceptors (Lipinski definition) is 5. The lowest BCUT2D eigenvalue weighted by atomic mass is 10.1. The van der Waals surface area contributed by atoms with Crippen LogP contribution < -0.4 is 9.47 Å². The van der Waals surface area contributed by atoms with Crippen molar-refractivity contribution in [1.29, 1.82) is 0 Å². The third-order valence-electron chi connectivity index (χ3n) is 3.65. The summed E-state index contributed by atoms with van der Waals surface area (Å²) in [4.78, 5) is 15.1. The maximum Gasteiger partial charge on any atom is 0.390 e. The van der Waals surface area contributed by atoms with Crippen LogP contribution in [0.5, 0.6) is 11.5 Å². The van der Waals surface area contributed by atoms with Crippen LogP contribution in [0.4, 0.5) is 5.82 Å².